The van der Waals surface area contributed by atoms with Crippen LogP contribution in [0.15, 0.2) is 18.3 Å². The number of carboxylic acids is 1. The Labute approximate surface area is 70.4 Å². The van der Waals surface area contributed by atoms with Crippen LogP contribution in [0, 0.1) is 11.8 Å². The average Bonchev–Trinajstić information content (AvgIpc) is 2.57. The molecule has 64 valence electrons. The van der Waals surface area contributed by atoms with Gasteiger partial charge in [-0.25, -0.2) is 0 Å². The second kappa shape index (κ2) is 2.66. The molecule has 0 saturated heterocycles. The van der Waals surface area contributed by atoms with E-state index in [1.165, 1.54) is 0 Å². The number of rotatable bonds is 3. The Morgan fingerprint density at radius 2 is 2.58 bits per heavy atom. The van der Waals surface area contributed by atoms with E-state index in [4.69, 9.17) is 5.11 Å². The minimum atomic E-state index is -0.647. The number of aromatic amines is 1. The number of carboxylic acid groups (broad SMARTS) is 1. The lowest BCUT2D eigenvalue weighted by Crippen LogP contribution is -2.01. The van der Waals surface area contributed by atoms with Crippen molar-refractivity contribution in [2.45, 2.75) is 12.8 Å². The van der Waals surface area contributed by atoms with Crippen LogP contribution in [-0.4, -0.2) is 16.1 Å². The number of H-pyrrole nitrogens is 1. The van der Waals surface area contributed by atoms with Gasteiger partial charge in [0.1, 0.15) is 0 Å². The molecule has 1 aliphatic rings. The smallest absolute Gasteiger partial charge is 0.306 e. The van der Waals surface area contributed by atoms with Gasteiger partial charge < -0.3 is 10.1 Å². The third kappa shape index (κ3) is 1.35. The molecule has 0 spiro atoms. The summed E-state index contributed by atoms with van der Waals surface area (Å²) in [5, 5.41) is 8.64. The number of aromatic nitrogens is 1. The maximum absolute atomic E-state index is 10.5. The molecular weight excluding hydrogens is 154 g/mol. The molecular formula is C9H11NO2. The summed E-state index contributed by atoms with van der Waals surface area (Å²) in [6, 6.07) is 3.94. The van der Waals surface area contributed by atoms with Crippen LogP contribution in [0.25, 0.3) is 0 Å². The molecule has 2 rings (SSSR count). The fourth-order valence-corrected chi connectivity index (χ4v) is 1.55. The van der Waals surface area contributed by atoms with Crippen LogP contribution in [-0.2, 0) is 11.2 Å². The molecule has 0 radical (unpaired) electrons. The molecule has 1 heterocycles. The predicted octanol–water partition coefficient (Wildman–Crippen LogP) is 1.28. The third-order valence-electron chi connectivity index (χ3n) is 2.38. The van der Waals surface area contributed by atoms with E-state index < -0.39 is 5.97 Å². The zero-order chi connectivity index (χ0) is 8.55. The maximum Gasteiger partial charge on any atom is 0.306 e. The van der Waals surface area contributed by atoms with Gasteiger partial charge in [-0.2, -0.15) is 0 Å². The van der Waals surface area contributed by atoms with E-state index in [-0.39, 0.29) is 5.92 Å². The largest absolute Gasteiger partial charge is 0.481 e. The molecule has 0 aliphatic heterocycles. The summed E-state index contributed by atoms with van der Waals surface area (Å²) >= 11 is 0. The van der Waals surface area contributed by atoms with Gasteiger partial charge in [0.25, 0.3) is 0 Å². The van der Waals surface area contributed by atoms with Crippen molar-refractivity contribution in [1.29, 1.82) is 0 Å². The monoisotopic (exact) mass is 165 g/mol. The first-order chi connectivity index (χ1) is 5.77. The molecule has 1 fully saturated rings. The summed E-state index contributed by atoms with van der Waals surface area (Å²) in [4.78, 5) is 13.6. The molecule has 2 atom stereocenters. The topological polar surface area (TPSA) is 53.1 Å². The van der Waals surface area contributed by atoms with E-state index in [1.54, 1.807) is 0 Å². The quantitative estimate of drug-likeness (QED) is 0.708. The Morgan fingerprint density at radius 3 is 3.08 bits per heavy atom. The molecule has 3 nitrogen and oxygen atoms in total. The fraction of sp³-hybridized carbons (Fsp3) is 0.444. The lowest BCUT2D eigenvalue weighted by atomic mass is 10.2. The predicted molar refractivity (Wildman–Crippen MR) is 43.7 cm³/mol. The van der Waals surface area contributed by atoms with Gasteiger partial charge in [0.2, 0.25) is 0 Å². The highest BCUT2D eigenvalue weighted by Gasteiger charge is 2.42. The molecule has 0 amide bonds. The van der Waals surface area contributed by atoms with E-state index in [9.17, 15) is 4.79 Å². The summed E-state index contributed by atoms with van der Waals surface area (Å²) in [5.74, 6) is -0.374. The normalized spacial score (nSPS) is 27.0. The van der Waals surface area contributed by atoms with Gasteiger partial charge in [0.05, 0.1) is 5.92 Å². The van der Waals surface area contributed by atoms with Crippen molar-refractivity contribution in [2.75, 3.05) is 0 Å². The Hall–Kier alpha value is -1.25. The number of hydrogen-bond acceptors (Lipinski definition) is 1. The summed E-state index contributed by atoms with van der Waals surface area (Å²) in [6.07, 6.45) is 3.59. The lowest BCUT2D eigenvalue weighted by Gasteiger charge is -1.93. The summed E-state index contributed by atoms with van der Waals surface area (Å²) in [6.45, 7) is 0. The standard InChI is InChI=1S/C9H11NO2/c11-9(12)8-5-6(8)4-7-2-1-3-10-7/h1-3,6,8,10H,4-5H2,(H,11,12). The maximum atomic E-state index is 10.5. The van der Waals surface area contributed by atoms with Gasteiger partial charge in [-0.15, -0.1) is 0 Å². The highest BCUT2D eigenvalue weighted by Crippen LogP contribution is 2.40. The van der Waals surface area contributed by atoms with Gasteiger partial charge in [-0.3, -0.25) is 4.79 Å². The van der Waals surface area contributed by atoms with Crippen molar-refractivity contribution in [1.82, 2.24) is 4.98 Å². The Kier molecular flexibility index (Phi) is 1.64. The average molecular weight is 165 g/mol. The van der Waals surface area contributed by atoms with Crippen LogP contribution in [0.1, 0.15) is 12.1 Å². The zero-order valence-corrected chi connectivity index (χ0v) is 6.66. The number of carbonyl (C=O) groups is 1. The van der Waals surface area contributed by atoms with Crippen LogP contribution in [0.5, 0.6) is 0 Å². The van der Waals surface area contributed by atoms with Crippen LogP contribution >= 0.6 is 0 Å². The Balaban J connectivity index is 1.88. The highest BCUT2D eigenvalue weighted by molar-refractivity contribution is 5.73. The van der Waals surface area contributed by atoms with Gasteiger partial charge >= 0.3 is 5.97 Å². The van der Waals surface area contributed by atoms with Crippen molar-refractivity contribution in [3.05, 3.63) is 24.0 Å². The van der Waals surface area contributed by atoms with E-state index in [2.05, 4.69) is 4.98 Å². The number of hydrogen-bond donors (Lipinski definition) is 2. The molecule has 0 bridgehead atoms. The lowest BCUT2D eigenvalue weighted by molar-refractivity contribution is -0.138. The first-order valence-corrected chi connectivity index (χ1v) is 4.12. The van der Waals surface area contributed by atoms with Crippen LogP contribution in [0.3, 0.4) is 0 Å². The molecule has 3 heteroatoms. The zero-order valence-electron chi connectivity index (χ0n) is 6.66. The molecule has 12 heavy (non-hydrogen) atoms. The van der Waals surface area contributed by atoms with Crippen molar-refractivity contribution in [3.63, 3.8) is 0 Å². The van der Waals surface area contributed by atoms with E-state index in [0.29, 0.717) is 5.92 Å². The molecule has 2 N–H and O–H groups in total. The summed E-state index contributed by atoms with van der Waals surface area (Å²) in [7, 11) is 0. The molecule has 1 aromatic heterocycles. The van der Waals surface area contributed by atoms with Gasteiger partial charge in [0.15, 0.2) is 0 Å². The van der Waals surface area contributed by atoms with E-state index >= 15 is 0 Å². The number of nitrogens with one attached hydrogen (secondary N) is 1. The summed E-state index contributed by atoms with van der Waals surface area (Å²) in [5.41, 5.74) is 1.14. The third-order valence-corrected chi connectivity index (χ3v) is 2.38. The second-order valence-corrected chi connectivity index (χ2v) is 3.34. The molecule has 1 saturated carbocycles. The fourth-order valence-electron chi connectivity index (χ4n) is 1.55. The molecule has 0 aromatic carbocycles. The van der Waals surface area contributed by atoms with Gasteiger partial charge in [-0.1, -0.05) is 0 Å². The van der Waals surface area contributed by atoms with E-state index in [1.807, 2.05) is 18.3 Å². The molecule has 2 unspecified atom stereocenters. The molecule has 1 aliphatic carbocycles. The number of aliphatic carboxylic acids is 1. The van der Waals surface area contributed by atoms with Crippen molar-refractivity contribution >= 4 is 5.97 Å². The van der Waals surface area contributed by atoms with Crippen molar-refractivity contribution in [3.8, 4) is 0 Å². The highest BCUT2D eigenvalue weighted by atomic mass is 16.4. The second-order valence-electron chi connectivity index (χ2n) is 3.34. The Morgan fingerprint density at radius 1 is 1.75 bits per heavy atom. The molecule has 1 aromatic rings. The van der Waals surface area contributed by atoms with Gasteiger partial charge in [-0.05, 0) is 30.9 Å². The van der Waals surface area contributed by atoms with Crippen molar-refractivity contribution < 1.29 is 9.90 Å². The Bertz CT molecular complexity index is 279. The first kappa shape index (κ1) is 7.40. The van der Waals surface area contributed by atoms with Gasteiger partial charge in [0, 0.05) is 11.9 Å². The van der Waals surface area contributed by atoms with Crippen LogP contribution in [0.4, 0.5) is 0 Å². The van der Waals surface area contributed by atoms with Crippen LogP contribution < -0.4 is 0 Å². The van der Waals surface area contributed by atoms with Crippen LogP contribution in [0.2, 0.25) is 0 Å². The summed E-state index contributed by atoms with van der Waals surface area (Å²) < 4.78 is 0. The first-order valence-electron chi connectivity index (χ1n) is 4.12. The SMILES string of the molecule is O=C(O)C1CC1Cc1ccc[nH]1. The van der Waals surface area contributed by atoms with E-state index in [0.717, 1.165) is 18.5 Å². The minimum absolute atomic E-state index is 0.0895. The minimum Gasteiger partial charge on any atom is -0.481 e. The van der Waals surface area contributed by atoms with Crippen molar-refractivity contribution in [2.24, 2.45) is 11.8 Å².